The van der Waals surface area contributed by atoms with E-state index >= 15 is 0 Å². The van der Waals surface area contributed by atoms with Gasteiger partial charge in [-0.1, -0.05) is 48.5 Å². The molecule has 1 amide bonds. The van der Waals surface area contributed by atoms with Crippen molar-refractivity contribution in [1.82, 2.24) is 4.90 Å². The monoisotopic (exact) mass is 439 g/mol. The van der Waals surface area contributed by atoms with Gasteiger partial charge in [-0.05, 0) is 48.4 Å². The number of amides is 1. The third-order valence-electron chi connectivity index (χ3n) is 6.24. The topological polar surface area (TPSA) is 85.3 Å². The summed E-state index contributed by atoms with van der Waals surface area (Å²) in [7, 11) is 1.43. The van der Waals surface area contributed by atoms with Crippen molar-refractivity contribution in [3.63, 3.8) is 0 Å². The molecule has 1 unspecified atom stereocenters. The van der Waals surface area contributed by atoms with Crippen LogP contribution in [0, 0.1) is 0 Å². The first-order chi connectivity index (χ1) is 15.5. The summed E-state index contributed by atoms with van der Waals surface area (Å²) in [5, 5.41) is 9.76. The summed E-state index contributed by atoms with van der Waals surface area (Å²) in [6, 6.07) is 15.0. The molecule has 0 aromatic heterocycles. The summed E-state index contributed by atoms with van der Waals surface area (Å²) < 4.78 is 17.0. The van der Waals surface area contributed by atoms with Crippen LogP contribution in [0.25, 0.3) is 11.1 Å². The molecule has 0 saturated carbocycles. The van der Waals surface area contributed by atoms with Crippen LogP contribution in [0.1, 0.15) is 43.2 Å². The highest BCUT2D eigenvalue weighted by Crippen LogP contribution is 2.44. The molecule has 1 aliphatic carbocycles. The van der Waals surface area contributed by atoms with Crippen LogP contribution in [0.3, 0.4) is 0 Å². The number of hydrogen-bond acceptors (Lipinski definition) is 5. The molecule has 4 rings (SSSR count). The molecule has 0 radical (unpaired) electrons. The molecule has 32 heavy (non-hydrogen) atoms. The standard InChI is InChI=1S/C25H29NO6/c1-16(32-22-13-7-8-14-30-22)23(24(27)28)26(2)25(29)31-15-21-19-11-5-3-9-17(19)18-10-4-6-12-20(18)21/h3-6,9-12,16,21-23H,7-8,13-15H2,1-2H3,(H,27,28)/t16-,22?,23+/m1/s1. The number of ether oxygens (including phenoxy) is 3. The Morgan fingerprint density at radius 3 is 2.28 bits per heavy atom. The van der Waals surface area contributed by atoms with Crippen LogP contribution in [-0.4, -0.2) is 60.8 Å². The highest BCUT2D eigenvalue weighted by Gasteiger charge is 2.36. The van der Waals surface area contributed by atoms with Crippen LogP contribution >= 0.6 is 0 Å². The summed E-state index contributed by atoms with van der Waals surface area (Å²) in [6.07, 6.45) is 0.760. The Labute approximate surface area is 187 Å². The first kappa shape index (κ1) is 22.3. The van der Waals surface area contributed by atoms with Crippen molar-refractivity contribution >= 4 is 12.1 Å². The first-order valence-electron chi connectivity index (χ1n) is 11.0. The van der Waals surface area contributed by atoms with Crippen molar-refractivity contribution in [2.24, 2.45) is 0 Å². The zero-order chi connectivity index (χ0) is 22.7. The quantitative estimate of drug-likeness (QED) is 0.694. The number of likely N-dealkylation sites (N-methyl/N-ethyl adjacent to an activating group) is 1. The van der Waals surface area contributed by atoms with E-state index in [9.17, 15) is 14.7 Å². The highest BCUT2D eigenvalue weighted by atomic mass is 16.7. The highest BCUT2D eigenvalue weighted by molar-refractivity contribution is 5.81. The number of nitrogens with zero attached hydrogens (tertiary/aromatic N) is 1. The van der Waals surface area contributed by atoms with E-state index in [0.717, 1.165) is 40.0 Å². The van der Waals surface area contributed by atoms with E-state index in [1.54, 1.807) is 6.92 Å². The number of rotatable bonds is 7. The summed E-state index contributed by atoms with van der Waals surface area (Å²) in [6.45, 7) is 2.37. The van der Waals surface area contributed by atoms with Crippen molar-refractivity contribution in [3.8, 4) is 11.1 Å². The van der Waals surface area contributed by atoms with Crippen molar-refractivity contribution in [2.45, 2.75) is 50.5 Å². The Kier molecular flexibility index (Phi) is 6.77. The lowest BCUT2D eigenvalue weighted by Gasteiger charge is -2.32. The van der Waals surface area contributed by atoms with Gasteiger partial charge in [0.15, 0.2) is 12.3 Å². The van der Waals surface area contributed by atoms with Crippen LogP contribution in [-0.2, 0) is 19.0 Å². The van der Waals surface area contributed by atoms with Gasteiger partial charge in [0.25, 0.3) is 0 Å². The van der Waals surface area contributed by atoms with Gasteiger partial charge in [0.1, 0.15) is 6.61 Å². The predicted octanol–water partition coefficient (Wildman–Crippen LogP) is 4.25. The van der Waals surface area contributed by atoms with Crippen LogP contribution < -0.4 is 0 Å². The average molecular weight is 440 g/mol. The number of fused-ring (bicyclic) bond motifs is 3. The number of carbonyl (C=O) groups excluding carboxylic acids is 1. The zero-order valence-electron chi connectivity index (χ0n) is 18.4. The number of carboxylic acids is 1. The van der Waals surface area contributed by atoms with Crippen LogP contribution in [0.2, 0.25) is 0 Å². The number of benzene rings is 2. The average Bonchev–Trinajstić information content (AvgIpc) is 3.11. The molecular weight excluding hydrogens is 410 g/mol. The fourth-order valence-electron chi connectivity index (χ4n) is 4.62. The SMILES string of the molecule is C[C@@H](OC1CCCCO1)[C@@H](C(=O)O)N(C)C(=O)OCC1c2ccccc2-c2ccccc21. The molecule has 1 heterocycles. The van der Waals surface area contributed by atoms with E-state index in [-0.39, 0.29) is 12.5 Å². The van der Waals surface area contributed by atoms with E-state index in [2.05, 4.69) is 12.1 Å². The molecule has 170 valence electrons. The molecule has 0 bridgehead atoms. The molecule has 1 saturated heterocycles. The molecule has 2 aromatic rings. The smallest absolute Gasteiger partial charge is 0.410 e. The van der Waals surface area contributed by atoms with Crippen molar-refractivity contribution in [2.75, 3.05) is 20.3 Å². The molecule has 1 aliphatic heterocycles. The lowest BCUT2D eigenvalue weighted by Crippen LogP contribution is -2.51. The van der Waals surface area contributed by atoms with Gasteiger partial charge in [-0.15, -0.1) is 0 Å². The Hall–Kier alpha value is -2.90. The number of carbonyl (C=O) groups is 2. The molecule has 2 aromatic carbocycles. The Morgan fingerprint density at radius 1 is 1.09 bits per heavy atom. The largest absolute Gasteiger partial charge is 0.480 e. The fraction of sp³-hybridized carbons (Fsp3) is 0.440. The van der Waals surface area contributed by atoms with Gasteiger partial charge in [0.2, 0.25) is 0 Å². The van der Waals surface area contributed by atoms with E-state index in [1.807, 2.05) is 36.4 Å². The molecule has 3 atom stereocenters. The molecule has 1 fully saturated rings. The lowest BCUT2D eigenvalue weighted by atomic mass is 9.98. The second-order valence-corrected chi connectivity index (χ2v) is 8.34. The zero-order valence-corrected chi connectivity index (χ0v) is 18.4. The van der Waals surface area contributed by atoms with E-state index < -0.39 is 30.5 Å². The number of hydrogen-bond donors (Lipinski definition) is 1. The summed E-state index contributed by atoms with van der Waals surface area (Å²) in [4.78, 5) is 25.9. The molecular formula is C25H29NO6. The van der Waals surface area contributed by atoms with E-state index in [1.165, 1.54) is 7.05 Å². The van der Waals surface area contributed by atoms with Crippen LogP contribution in [0.4, 0.5) is 4.79 Å². The first-order valence-corrected chi connectivity index (χ1v) is 11.0. The van der Waals surface area contributed by atoms with Crippen LogP contribution in [0.15, 0.2) is 48.5 Å². The third kappa shape index (κ3) is 4.49. The van der Waals surface area contributed by atoms with E-state index in [0.29, 0.717) is 13.0 Å². The van der Waals surface area contributed by atoms with Gasteiger partial charge in [-0.3, -0.25) is 4.90 Å². The Balaban J connectivity index is 1.43. The fourth-order valence-corrected chi connectivity index (χ4v) is 4.62. The van der Waals surface area contributed by atoms with Gasteiger partial charge < -0.3 is 19.3 Å². The maximum absolute atomic E-state index is 12.8. The van der Waals surface area contributed by atoms with Gasteiger partial charge in [0, 0.05) is 19.6 Å². The Morgan fingerprint density at radius 2 is 1.72 bits per heavy atom. The molecule has 7 nitrogen and oxygen atoms in total. The minimum Gasteiger partial charge on any atom is -0.480 e. The minimum absolute atomic E-state index is 0.0904. The Bertz CT molecular complexity index is 925. The second-order valence-electron chi connectivity index (χ2n) is 8.34. The molecule has 0 spiro atoms. The molecule has 1 N–H and O–H groups in total. The van der Waals surface area contributed by atoms with Crippen LogP contribution in [0.5, 0.6) is 0 Å². The van der Waals surface area contributed by atoms with Crippen molar-refractivity contribution < 1.29 is 28.9 Å². The third-order valence-corrected chi connectivity index (χ3v) is 6.24. The maximum atomic E-state index is 12.8. The lowest BCUT2D eigenvalue weighted by molar-refractivity contribution is -0.198. The number of carboxylic acid groups (broad SMARTS) is 1. The van der Waals surface area contributed by atoms with Gasteiger partial charge in [-0.2, -0.15) is 0 Å². The predicted molar refractivity (Wildman–Crippen MR) is 118 cm³/mol. The van der Waals surface area contributed by atoms with E-state index in [4.69, 9.17) is 14.2 Å². The number of aliphatic carboxylic acids is 1. The minimum atomic E-state index is -1.18. The summed E-state index contributed by atoms with van der Waals surface area (Å²) in [5.74, 6) is -1.24. The van der Waals surface area contributed by atoms with Gasteiger partial charge in [0.05, 0.1) is 6.10 Å². The normalized spacial score (nSPS) is 19.5. The second kappa shape index (κ2) is 9.71. The van der Waals surface area contributed by atoms with Crippen molar-refractivity contribution in [3.05, 3.63) is 59.7 Å². The maximum Gasteiger partial charge on any atom is 0.410 e. The van der Waals surface area contributed by atoms with Gasteiger partial charge >= 0.3 is 12.1 Å². The summed E-state index contributed by atoms with van der Waals surface area (Å²) >= 11 is 0. The summed E-state index contributed by atoms with van der Waals surface area (Å²) in [5.41, 5.74) is 4.47. The molecule has 7 heteroatoms. The van der Waals surface area contributed by atoms with Crippen molar-refractivity contribution in [1.29, 1.82) is 0 Å². The van der Waals surface area contributed by atoms with Gasteiger partial charge in [-0.25, -0.2) is 9.59 Å². The molecule has 2 aliphatic rings.